The first-order valence-corrected chi connectivity index (χ1v) is 13.8. The number of nitrogens with zero attached hydrogens (tertiary/aromatic N) is 8. The van der Waals surface area contributed by atoms with Crippen molar-refractivity contribution in [2.45, 2.75) is 51.7 Å². The number of halogens is 2. The molecule has 0 radical (unpaired) electrons. The number of anilines is 2. The molecule has 1 aliphatic heterocycles. The van der Waals surface area contributed by atoms with Gasteiger partial charge in [-0.3, -0.25) is 4.79 Å². The van der Waals surface area contributed by atoms with Crippen LogP contribution in [0.15, 0.2) is 61.3 Å². The summed E-state index contributed by atoms with van der Waals surface area (Å²) in [5.41, 5.74) is 3.66. The molecule has 7 rings (SSSR count). The molecule has 0 unspecified atom stereocenters. The van der Waals surface area contributed by atoms with E-state index < -0.39 is 17.5 Å². The molecule has 1 N–H and O–H groups in total. The summed E-state index contributed by atoms with van der Waals surface area (Å²) in [6.07, 6.45) is 6.65. The van der Waals surface area contributed by atoms with Gasteiger partial charge in [-0.25, -0.2) is 23.7 Å². The van der Waals surface area contributed by atoms with Gasteiger partial charge in [0.2, 0.25) is 0 Å². The third kappa shape index (κ3) is 4.68. The van der Waals surface area contributed by atoms with Crippen molar-refractivity contribution in [3.05, 3.63) is 95.5 Å². The van der Waals surface area contributed by atoms with Gasteiger partial charge in [0, 0.05) is 18.5 Å². The highest BCUT2D eigenvalue weighted by Gasteiger charge is 2.33. The molecule has 0 saturated heterocycles. The Morgan fingerprint density at radius 1 is 1.05 bits per heavy atom. The van der Waals surface area contributed by atoms with Crippen LogP contribution in [0.1, 0.15) is 66.0 Å². The van der Waals surface area contributed by atoms with Crippen LogP contribution in [0.2, 0.25) is 0 Å². The first-order valence-electron chi connectivity index (χ1n) is 13.8. The van der Waals surface area contributed by atoms with E-state index in [0.717, 1.165) is 24.2 Å². The summed E-state index contributed by atoms with van der Waals surface area (Å²) >= 11 is 0. The van der Waals surface area contributed by atoms with Crippen LogP contribution in [0.3, 0.4) is 0 Å². The van der Waals surface area contributed by atoms with E-state index in [1.807, 2.05) is 27.9 Å². The van der Waals surface area contributed by atoms with E-state index in [4.69, 9.17) is 4.98 Å². The molecule has 1 saturated carbocycles. The summed E-state index contributed by atoms with van der Waals surface area (Å²) in [6, 6.07) is 11.2. The minimum atomic E-state index is -0.667. The quantitative estimate of drug-likeness (QED) is 0.292. The molecule has 0 atom stereocenters. The van der Waals surface area contributed by atoms with E-state index in [-0.39, 0.29) is 17.4 Å². The summed E-state index contributed by atoms with van der Waals surface area (Å²) in [4.78, 5) is 28.9. The molecule has 42 heavy (non-hydrogen) atoms. The zero-order valence-corrected chi connectivity index (χ0v) is 23.0. The molecule has 1 amide bonds. The highest BCUT2D eigenvalue weighted by molar-refractivity contribution is 6.04. The lowest BCUT2D eigenvalue weighted by atomic mass is 10.1. The predicted molar refractivity (Wildman–Crippen MR) is 151 cm³/mol. The monoisotopic (exact) mass is 567 g/mol. The van der Waals surface area contributed by atoms with Crippen molar-refractivity contribution < 1.29 is 13.6 Å². The van der Waals surface area contributed by atoms with Crippen LogP contribution < -0.4 is 10.2 Å². The number of imidazole rings is 1. The molecule has 1 aliphatic carbocycles. The first kappa shape index (κ1) is 25.9. The smallest absolute Gasteiger partial charge is 0.259 e. The molecule has 5 heterocycles. The van der Waals surface area contributed by atoms with Crippen molar-refractivity contribution >= 4 is 17.5 Å². The van der Waals surface area contributed by atoms with Crippen LogP contribution in [-0.4, -0.2) is 40.2 Å². The van der Waals surface area contributed by atoms with Crippen molar-refractivity contribution in [3.8, 4) is 17.2 Å². The zero-order valence-electron chi connectivity index (χ0n) is 23.0. The topological polar surface area (TPSA) is 107 Å². The lowest BCUT2D eigenvalue weighted by Gasteiger charge is -2.22. The number of rotatable bonds is 6. The highest BCUT2D eigenvalue weighted by Crippen LogP contribution is 2.43. The van der Waals surface area contributed by atoms with Crippen LogP contribution in [0.4, 0.5) is 20.4 Å². The minimum Gasteiger partial charge on any atom is -0.346 e. The zero-order chi connectivity index (χ0) is 29.0. The van der Waals surface area contributed by atoms with Gasteiger partial charge in [-0.1, -0.05) is 6.07 Å². The maximum Gasteiger partial charge on any atom is 0.259 e. The van der Waals surface area contributed by atoms with Crippen LogP contribution in [-0.2, 0) is 13.1 Å². The van der Waals surface area contributed by atoms with Crippen molar-refractivity contribution in [2.75, 3.05) is 10.2 Å². The van der Waals surface area contributed by atoms with Gasteiger partial charge in [-0.05, 0) is 68.7 Å². The standard InChI is InChI=1S/C30H27F2N9O/c1-17(2)40-16-35-38-29(40)23-4-3-5-26(36-23)37-30(42)21-11-24-19(10-22(21)32)13-39(27-9-8-20(31)12-33-27)14-25-28(18-6-7-18)34-15-41(24)25/h3-5,8-12,15-18H,6-7,13-14H2,1-2H3,(H,36,37,42). The maximum atomic E-state index is 15.6. The second-order valence-electron chi connectivity index (χ2n) is 10.9. The van der Waals surface area contributed by atoms with Gasteiger partial charge < -0.3 is 19.4 Å². The third-order valence-electron chi connectivity index (χ3n) is 7.62. The van der Waals surface area contributed by atoms with Gasteiger partial charge >= 0.3 is 0 Å². The Hall–Kier alpha value is -5.00. The van der Waals surface area contributed by atoms with Crippen molar-refractivity contribution in [2.24, 2.45) is 0 Å². The molecular formula is C30H27F2N9O. The van der Waals surface area contributed by atoms with Gasteiger partial charge in [0.1, 0.15) is 35.3 Å². The highest BCUT2D eigenvalue weighted by atomic mass is 19.1. The minimum absolute atomic E-state index is 0.118. The molecule has 0 spiro atoms. The lowest BCUT2D eigenvalue weighted by Crippen LogP contribution is -2.23. The van der Waals surface area contributed by atoms with Gasteiger partial charge in [-0.2, -0.15) is 0 Å². The average molecular weight is 568 g/mol. The molecule has 1 fully saturated rings. The number of carbonyl (C=O) groups is 1. The SMILES string of the molecule is CC(C)n1cnnc1-c1cccc(NC(=O)c2cc3c(cc2F)CN(c2ccc(F)cn2)Cc2c(C4CC4)ncn2-3)n1. The molecule has 10 nitrogen and oxygen atoms in total. The van der Waals surface area contributed by atoms with Gasteiger partial charge in [-0.15, -0.1) is 10.2 Å². The number of hydrogen-bond acceptors (Lipinski definition) is 7. The van der Waals surface area contributed by atoms with Crippen molar-refractivity contribution in [3.63, 3.8) is 0 Å². The second kappa shape index (κ2) is 10.1. The number of pyridine rings is 2. The summed E-state index contributed by atoms with van der Waals surface area (Å²) in [5.74, 6) is 0.0422. The van der Waals surface area contributed by atoms with Crippen molar-refractivity contribution in [1.82, 2.24) is 34.3 Å². The van der Waals surface area contributed by atoms with E-state index in [0.29, 0.717) is 47.6 Å². The Morgan fingerprint density at radius 2 is 1.90 bits per heavy atom. The summed E-state index contributed by atoms with van der Waals surface area (Å²) in [6.45, 7) is 4.79. The fourth-order valence-corrected chi connectivity index (χ4v) is 5.35. The molecule has 4 aromatic heterocycles. The fraction of sp³-hybridized carbons (Fsp3) is 0.267. The van der Waals surface area contributed by atoms with Crippen LogP contribution in [0.5, 0.6) is 0 Å². The van der Waals surface area contributed by atoms with Gasteiger partial charge in [0.05, 0.1) is 41.7 Å². The number of benzene rings is 1. The van der Waals surface area contributed by atoms with E-state index in [2.05, 4.69) is 25.5 Å². The Balaban J connectivity index is 1.24. The predicted octanol–water partition coefficient (Wildman–Crippen LogP) is 5.43. The average Bonchev–Trinajstić information content (AvgIpc) is 3.58. The number of hydrogen-bond donors (Lipinski definition) is 1. The molecule has 212 valence electrons. The largest absolute Gasteiger partial charge is 0.346 e. The summed E-state index contributed by atoms with van der Waals surface area (Å²) in [7, 11) is 0. The number of carbonyl (C=O) groups excluding carboxylic acids is 1. The molecule has 1 aromatic carbocycles. The Bertz CT molecular complexity index is 1810. The van der Waals surface area contributed by atoms with Gasteiger partial charge in [0.15, 0.2) is 5.82 Å². The summed E-state index contributed by atoms with van der Waals surface area (Å²) in [5, 5.41) is 10.9. The summed E-state index contributed by atoms with van der Waals surface area (Å²) < 4.78 is 33.0. The number of nitrogens with one attached hydrogen (secondary N) is 1. The molecular weight excluding hydrogens is 540 g/mol. The number of fused-ring (bicyclic) bond motifs is 3. The molecule has 12 heteroatoms. The Morgan fingerprint density at radius 3 is 2.67 bits per heavy atom. The third-order valence-corrected chi connectivity index (χ3v) is 7.62. The van der Waals surface area contributed by atoms with Crippen molar-refractivity contribution in [1.29, 1.82) is 0 Å². The van der Waals surface area contributed by atoms with Crippen LogP contribution in [0.25, 0.3) is 17.2 Å². The van der Waals surface area contributed by atoms with Gasteiger partial charge in [0.25, 0.3) is 5.91 Å². The van der Waals surface area contributed by atoms with E-state index in [1.165, 1.54) is 18.3 Å². The Kier molecular flexibility index (Phi) is 6.25. The van der Waals surface area contributed by atoms with E-state index in [9.17, 15) is 9.18 Å². The van der Waals surface area contributed by atoms with E-state index in [1.54, 1.807) is 43.0 Å². The lowest BCUT2D eigenvalue weighted by molar-refractivity contribution is 0.102. The van der Waals surface area contributed by atoms with E-state index >= 15 is 4.39 Å². The maximum absolute atomic E-state index is 15.6. The first-order chi connectivity index (χ1) is 20.4. The van der Waals surface area contributed by atoms with Crippen LogP contribution >= 0.6 is 0 Å². The van der Waals surface area contributed by atoms with Crippen LogP contribution in [0, 0.1) is 11.6 Å². The number of amides is 1. The normalized spacial score (nSPS) is 14.5. The molecule has 5 aromatic rings. The fourth-order valence-electron chi connectivity index (χ4n) is 5.35. The molecule has 0 bridgehead atoms. The Labute approximate surface area is 240 Å². The second-order valence-corrected chi connectivity index (χ2v) is 10.9. The molecule has 2 aliphatic rings. The number of aromatic nitrogens is 7.